The summed E-state index contributed by atoms with van der Waals surface area (Å²) in [6.07, 6.45) is -10.5. The van der Waals surface area contributed by atoms with Gasteiger partial charge in [-0.25, -0.2) is 0 Å². The Labute approximate surface area is 128 Å². The molecule has 0 aromatic heterocycles. The highest BCUT2D eigenvalue weighted by Crippen LogP contribution is 2.26. The molecule has 1 saturated heterocycles. The molecule has 2 unspecified atom stereocenters. The van der Waals surface area contributed by atoms with Gasteiger partial charge in [-0.15, -0.1) is 12.4 Å². The van der Waals surface area contributed by atoms with Crippen LogP contribution in [-0.2, 0) is 9.53 Å². The fraction of sp³-hybridized carbons (Fsp3) is 0.500. The summed E-state index contributed by atoms with van der Waals surface area (Å²) in [6.45, 7) is -3.28. The molecule has 0 saturated carbocycles. The van der Waals surface area contributed by atoms with Crippen molar-refractivity contribution in [3.8, 4) is 0 Å². The second-order valence-electron chi connectivity index (χ2n) is 3.23. The SMILES string of the molecule is Cl.[2H]C1([2H])NC([2H])(C([2H])(C(=O)OC)c2ccccc2)C([2H])([2H])C([2H])([2H])C1([2H])[2H]. The summed E-state index contributed by atoms with van der Waals surface area (Å²) < 4.78 is 85.5. The average molecular weight is 280 g/mol. The number of benzene rings is 1. The molecule has 1 fully saturated rings. The van der Waals surface area contributed by atoms with Gasteiger partial charge in [-0.1, -0.05) is 36.7 Å². The summed E-state index contributed by atoms with van der Waals surface area (Å²) in [5.74, 6) is -4.38. The summed E-state index contributed by atoms with van der Waals surface area (Å²) >= 11 is 0. The molecule has 0 bridgehead atoms. The molecule has 2 rings (SSSR count). The molecule has 1 aliphatic rings. The molecular weight excluding hydrogens is 250 g/mol. The van der Waals surface area contributed by atoms with E-state index in [-0.39, 0.29) is 18.0 Å². The molecule has 1 aliphatic heterocycles. The van der Waals surface area contributed by atoms with E-state index >= 15 is 0 Å². The average Bonchev–Trinajstić information content (AvgIpc) is 2.58. The molecule has 1 aromatic carbocycles. The number of carbonyl (C=O) groups excluding carboxylic acids is 1. The summed E-state index contributed by atoms with van der Waals surface area (Å²) in [5.41, 5.74) is -0.239. The lowest BCUT2D eigenvalue weighted by molar-refractivity contribution is -0.143. The van der Waals surface area contributed by atoms with E-state index in [1.807, 2.05) is 0 Å². The van der Waals surface area contributed by atoms with Gasteiger partial charge in [0.05, 0.1) is 13.0 Å². The quantitative estimate of drug-likeness (QED) is 0.864. The lowest BCUT2D eigenvalue weighted by Gasteiger charge is -2.29. The monoisotopic (exact) mass is 279 g/mol. The minimum Gasteiger partial charge on any atom is -0.469 e. The lowest BCUT2D eigenvalue weighted by Crippen LogP contribution is -2.42. The van der Waals surface area contributed by atoms with Gasteiger partial charge >= 0.3 is 5.97 Å². The van der Waals surface area contributed by atoms with Crippen LogP contribution in [0.5, 0.6) is 0 Å². The lowest BCUT2D eigenvalue weighted by atomic mass is 9.86. The van der Waals surface area contributed by atoms with Crippen LogP contribution < -0.4 is 5.32 Å². The number of hydrogen-bond donors (Lipinski definition) is 1. The molecule has 0 amide bonds. The molecule has 1 N–H and O–H groups in total. The van der Waals surface area contributed by atoms with Gasteiger partial charge in [0.25, 0.3) is 0 Å². The van der Waals surface area contributed by atoms with Crippen molar-refractivity contribution in [3.63, 3.8) is 0 Å². The van der Waals surface area contributed by atoms with Crippen molar-refractivity contribution in [1.29, 1.82) is 0 Å². The first kappa shape index (κ1) is 5.93. The van der Waals surface area contributed by atoms with E-state index in [0.717, 1.165) is 7.11 Å². The van der Waals surface area contributed by atoms with Gasteiger partial charge < -0.3 is 10.1 Å². The highest BCUT2D eigenvalue weighted by molar-refractivity contribution is 5.85. The number of ether oxygens (including phenoxy) is 1. The van der Waals surface area contributed by atoms with Crippen LogP contribution in [-0.4, -0.2) is 25.6 Å². The molecular formula is C14H20ClNO2. The van der Waals surface area contributed by atoms with E-state index < -0.39 is 43.5 Å². The van der Waals surface area contributed by atoms with Crippen molar-refractivity contribution < 1.29 is 23.2 Å². The van der Waals surface area contributed by atoms with E-state index in [9.17, 15) is 4.79 Å². The summed E-state index contributed by atoms with van der Waals surface area (Å²) in [5, 5.41) is 1.78. The molecule has 4 heteroatoms. The molecule has 0 spiro atoms. The third-order valence-corrected chi connectivity index (χ3v) is 2.20. The second-order valence-corrected chi connectivity index (χ2v) is 3.23. The van der Waals surface area contributed by atoms with Crippen molar-refractivity contribution in [2.24, 2.45) is 0 Å². The number of piperidine rings is 1. The van der Waals surface area contributed by atoms with Crippen molar-refractivity contribution in [2.45, 2.75) is 31.0 Å². The van der Waals surface area contributed by atoms with Crippen LogP contribution in [0, 0.1) is 0 Å². The van der Waals surface area contributed by atoms with Crippen LogP contribution >= 0.6 is 12.4 Å². The van der Waals surface area contributed by atoms with Crippen LogP contribution in [0.1, 0.15) is 44.3 Å². The second kappa shape index (κ2) is 7.39. The summed E-state index contributed by atoms with van der Waals surface area (Å²) in [4.78, 5) is 12.5. The molecule has 100 valence electrons. The van der Waals surface area contributed by atoms with Gasteiger partial charge in [0.2, 0.25) is 0 Å². The highest BCUT2D eigenvalue weighted by Gasteiger charge is 2.31. The van der Waals surface area contributed by atoms with E-state index in [0.29, 0.717) is 0 Å². The van der Waals surface area contributed by atoms with Gasteiger partial charge in [0, 0.05) is 19.7 Å². The molecule has 2 atom stereocenters. The third kappa shape index (κ3) is 3.47. The van der Waals surface area contributed by atoms with Crippen LogP contribution in [0.4, 0.5) is 0 Å². The largest absolute Gasteiger partial charge is 0.469 e. The fourth-order valence-electron chi connectivity index (χ4n) is 1.45. The van der Waals surface area contributed by atoms with Gasteiger partial charge in [0.15, 0.2) is 0 Å². The van der Waals surface area contributed by atoms with Crippen LogP contribution in [0.15, 0.2) is 30.3 Å². The smallest absolute Gasteiger partial charge is 0.314 e. The first-order chi connectivity index (χ1) is 12.0. The van der Waals surface area contributed by atoms with Crippen LogP contribution in [0.2, 0.25) is 0 Å². The minimum atomic E-state index is -3.58. The third-order valence-electron chi connectivity index (χ3n) is 2.20. The number of esters is 1. The number of methoxy groups -OCH3 is 1. The van der Waals surface area contributed by atoms with Crippen molar-refractivity contribution >= 4 is 18.4 Å². The van der Waals surface area contributed by atoms with E-state index in [4.69, 9.17) is 13.7 Å². The number of halogens is 1. The zero-order valence-electron chi connectivity index (χ0n) is 19.6. The molecule has 18 heavy (non-hydrogen) atoms. The van der Waals surface area contributed by atoms with Crippen molar-refractivity contribution in [2.75, 3.05) is 13.6 Å². The van der Waals surface area contributed by atoms with Gasteiger partial charge in [-0.3, -0.25) is 4.79 Å². The maximum atomic E-state index is 12.5. The predicted octanol–water partition coefficient (Wildman–Crippen LogP) is 2.51. The highest BCUT2D eigenvalue weighted by atomic mass is 35.5. The number of nitrogens with one attached hydrogen (secondary N) is 1. The molecule has 1 aromatic rings. The van der Waals surface area contributed by atoms with E-state index in [1.165, 1.54) is 30.3 Å². The van der Waals surface area contributed by atoms with Crippen molar-refractivity contribution in [3.05, 3.63) is 35.9 Å². The molecule has 0 radical (unpaired) electrons. The first-order valence-electron chi connectivity index (χ1n) is 9.98. The Kier molecular flexibility index (Phi) is 2.44. The number of carbonyl (C=O) groups is 1. The van der Waals surface area contributed by atoms with E-state index in [1.54, 1.807) is 5.32 Å². The minimum absolute atomic E-state index is 0. The van der Waals surface area contributed by atoms with Gasteiger partial charge in [-0.05, 0) is 24.8 Å². The maximum Gasteiger partial charge on any atom is 0.314 e. The number of rotatable bonds is 3. The van der Waals surface area contributed by atoms with Gasteiger partial charge in [-0.2, -0.15) is 0 Å². The Morgan fingerprint density at radius 2 is 2.28 bits per heavy atom. The Bertz CT molecular complexity index is 747. The first-order valence-corrected chi connectivity index (χ1v) is 4.98. The van der Waals surface area contributed by atoms with Crippen molar-refractivity contribution in [1.82, 2.24) is 5.32 Å². The molecule has 3 nitrogen and oxygen atoms in total. The van der Waals surface area contributed by atoms with Crippen LogP contribution in [0.3, 0.4) is 0 Å². The van der Waals surface area contributed by atoms with E-state index in [2.05, 4.69) is 4.74 Å². The predicted molar refractivity (Wildman–Crippen MR) is 74.1 cm³/mol. The fourth-order valence-corrected chi connectivity index (χ4v) is 1.45. The Balaban J connectivity index is 0.00000392. The van der Waals surface area contributed by atoms with Gasteiger partial charge in [0.1, 0.15) is 0 Å². The Morgan fingerprint density at radius 3 is 2.94 bits per heavy atom. The zero-order chi connectivity index (χ0) is 21.1. The molecule has 1 heterocycles. The molecule has 0 aliphatic carbocycles. The topological polar surface area (TPSA) is 38.3 Å². The normalized spacial score (nSPS) is 45.8. The Morgan fingerprint density at radius 1 is 1.56 bits per heavy atom. The standard InChI is InChI=1S/C14H19NO2.ClH/c1-17-14(16)13(11-7-3-2-4-8-11)12-9-5-6-10-15-12;/h2-4,7-8,12-13,15H,5-6,9-10H2,1H3;1H/i5D2,6D2,9D2,10D2,12D,13D;. The van der Waals surface area contributed by atoms with Crippen LogP contribution in [0.25, 0.3) is 0 Å². The Hall–Kier alpha value is -1.06. The zero-order valence-corrected chi connectivity index (χ0v) is 10.4. The maximum absolute atomic E-state index is 12.5. The summed E-state index contributed by atoms with van der Waals surface area (Å²) in [7, 11) is 0.902. The summed E-state index contributed by atoms with van der Waals surface area (Å²) in [6, 6.07) is 3.53. The number of hydrogen-bond acceptors (Lipinski definition) is 3.